The van der Waals surface area contributed by atoms with Crippen molar-refractivity contribution in [3.05, 3.63) is 77.6 Å². The largest absolute Gasteiger partial charge is 0.463 e. The molecule has 0 N–H and O–H groups in total. The lowest BCUT2D eigenvalue weighted by molar-refractivity contribution is -0.139. The molecule has 2 heterocycles. The second kappa shape index (κ2) is 8.53. The van der Waals surface area contributed by atoms with Crippen LogP contribution in [0.1, 0.15) is 32.3 Å². The second-order valence-electron chi connectivity index (χ2n) is 7.56. The highest BCUT2D eigenvalue weighted by Gasteiger charge is 2.38. The molecule has 1 aromatic heterocycles. The minimum atomic E-state index is -0.561. The van der Waals surface area contributed by atoms with Crippen molar-refractivity contribution < 1.29 is 9.53 Å². The number of nitriles is 1. The Morgan fingerprint density at radius 2 is 1.87 bits per heavy atom. The van der Waals surface area contributed by atoms with Crippen LogP contribution in [-0.4, -0.2) is 23.3 Å². The van der Waals surface area contributed by atoms with E-state index in [1.165, 1.54) is 0 Å². The van der Waals surface area contributed by atoms with Crippen LogP contribution in [0.15, 0.2) is 77.1 Å². The molecule has 0 radical (unpaired) electrons. The summed E-state index contributed by atoms with van der Waals surface area (Å²) in [5, 5.41) is 10.9. The molecule has 0 bridgehead atoms. The molecule has 4 rings (SSSR count). The Labute approximate surface area is 181 Å². The van der Waals surface area contributed by atoms with Gasteiger partial charge in [0.25, 0.3) is 0 Å². The van der Waals surface area contributed by atoms with Gasteiger partial charge in [-0.05, 0) is 44.0 Å². The highest BCUT2D eigenvalue weighted by Crippen LogP contribution is 2.42. The van der Waals surface area contributed by atoms with Crippen molar-refractivity contribution >= 4 is 22.6 Å². The SMILES string of the molecule is CCOC(=O)C1=C(C)N=C(C)C(C#N)C1c1cccc2ncc(-c3ccccc3)cc12. The fourth-order valence-electron chi connectivity index (χ4n) is 4.25. The van der Waals surface area contributed by atoms with E-state index in [-0.39, 0.29) is 6.61 Å². The zero-order chi connectivity index (χ0) is 22.0. The summed E-state index contributed by atoms with van der Waals surface area (Å²) >= 11 is 0. The summed E-state index contributed by atoms with van der Waals surface area (Å²) in [6.45, 7) is 5.67. The van der Waals surface area contributed by atoms with Gasteiger partial charge in [0.2, 0.25) is 0 Å². The Balaban J connectivity index is 1.95. The summed E-state index contributed by atoms with van der Waals surface area (Å²) in [5.74, 6) is -1.46. The summed E-state index contributed by atoms with van der Waals surface area (Å²) < 4.78 is 5.35. The first-order chi connectivity index (χ1) is 15.0. The van der Waals surface area contributed by atoms with Gasteiger partial charge in [-0.1, -0.05) is 42.5 Å². The average molecular weight is 409 g/mol. The molecule has 0 fully saturated rings. The molecular formula is C26H23N3O2. The monoisotopic (exact) mass is 409 g/mol. The molecule has 0 amide bonds. The standard InChI is InChI=1S/C26H23N3O2/c1-4-31-26(30)24-17(3)29-16(2)22(14-27)25(24)20-11-8-12-23-21(20)13-19(15-28-23)18-9-6-5-7-10-18/h5-13,15,22,25H,4H2,1-3H3. The van der Waals surface area contributed by atoms with Gasteiger partial charge >= 0.3 is 5.97 Å². The highest BCUT2D eigenvalue weighted by atomic mass is 16.5. The number of esters is 1. The maximum Gasteiger partial charge on any atom is 0.336 e. The number of aromatic nitrogens is 1. The van der Waals surface area contributed by atoms with Crippen LogP contribution in [0.2, 0.25) is 0 Å². The van der Waals surface area contributed by atoms with Gasteiger partial charge < -0.3 is 4.74 Å². The topological polar surface area (TPSA) is 75.3 Å². The van der Waals surface area contributed by atoms with E-state index in [2.05, 4.69) is 22.1 Å². The lowest BCUT2D eigenvalue weighted by Crippen LogP contribution is -2.29. The van der Waals surface area contributed by atoms with Crippen molar-refractivity contribution in [1.29, 1.82) is 5.26 Å². The molecule has 3 aromatic rings. The number of ether oxygens (including phenoxy) is 1. The Morgan fingerprint density at radius 1 is 1.10 bits per heavy atom. The number of fused-ring (bicyclic) bond motifs is 1. The van der Waals surface area contributed by atoms with Crippen molar-refractivity contribution in [2.45, 2.75) is 26.7 Å². The lowest BCUT2D eigenvalue weighted by atomic mass is 9.75. The van der Waals surface area contributed by atoms with E-state index in [0.717, 1.165) is 27.6 Å². The third-order valence-electron chi connectivity index (χ3n) is 5.66. The van der Waals surface area contributed by atoms with Crippen LogP contribution in [0, 0.1) is 17.2 Å². The number of aliphatic imine (C=N–C) groups is 1. The normalized spacial score (nSPS) is 18.5. The number of carbonyl (C=O) groups excluding carboxylic acids is 1. The van der Waals surface area contributed by atoms with Crippen molar-refractivity contribution in [3.63, 3.8) is 0 Å². The second-order valence-corrected chi connectivity index (χ2v) is 7.56. The van der Waals surface area contributed by atoms with E-state index in [9.17, 15) is 10.1 Å². The fourth-order valence-corrected chi connectivity index (χ4v) is 4.25. The number of benzene rings is 2. The molecule has 5 nitrogen and oxygen atoms in total. The van der Waals surface area contributed by atoms with Gasteiger partial charge in [-0.2, -0.15) is 5.26 Å². The lowest BCUT2D eigenvalue weighted by Gasteiger charge is -2.29. The summed E-state index contributed by atoms with van der Waals surface area (Å²) in [5.41, 5.74) is 5.47. The van der Waals surface area contributed by atoms with E-state index in [1.807, 2.05) is 61.7 Å². The van der Waals surface area contributed by atoms with Crippen LogP contribution >= 0.6 is 0 Å². The number of pyridine rings is 1. The summed E-state index contributed by atoms with van der Waals surface area (Å²) in [6.07, 6.45) is 1.85. The molecule has 31 heavy (non-hydrogen) atoms. The van der Waals surface area contributed by atoms with Crippen molar-refractivity contribution in [2.24, 2.45) is 10.9 Å². The van der Waals surface area contributed by atoms with Crippen molar-refractivity contribution in [1.82, 2.24) is 4.98 Å². The number of hydrogen-bond donors (Lipinski definition) is 0. The Bertz CT molecular complexity index is 1250. The van der Waals surface area contributed by atoms with E-state index >= 15 is 0 Å². The zero-order valence-electron chi connectivity index (χ0n) is 17.8. The fraction of sp³-hybridized carbons (Fsp3) is 0.231. The van der Waals surface area contributed by atoms with E-state index in [4.69, 9.17) is 4.74 Å². The summed E-state index contributed by atoms with van der Waals surface area (Å²) in [6, 6.07) is 20.3. The third-order valence-corrected chi connectivity index (χ3v) is 5.66. The van der Waals surface area contributed by atoms with Crippen LogP contribution in [-0.2, 0) is 9.53 Å². The highest BCUT2D eigenvalue weighted by molar-refractivity contribution is 6.00. The predicted octanol–water partition coefficient (Wildman–Crippen LogP) is 5.44. The van der Waals surface area contributed by atoms with Gasteiger partial charge in [0.05, 0.1) is 29.7 Å². The molecule has 2 unspecified atom stereocenters. The van der Waals surface area contributed by atoms with Crippen LogP contribution in [0.3, 0.4) is 0 Å². The zero-order valence-corrected chi connectivity index (χ0v) is 17.8. The molecule has 0 aliphatic carbocycles. The number of allylic oxidation sites excluding steroid dienone is 1. The molecule has 1 aliphatic heterocycles. The smallest absolute Gasteiger partial charge is 0.336 e. The van der Waals surface area contributed by atoms with Gasteiger partial charge in [-0.3, -0.25) is 9.98 Å². The third kappa shape index (κ3) is 3.73. The Kier molecular flexibility index (Phi) is 5.64. The maximum atomic E-state index is 12.9. The Morgan fingerprint density at radius 3 is 2.58 bits per heavy atom. The predicted molar refractivity (Wildman–Crippen MR) is 121 cm³/mol. The molecular weight excluding hydrogens is 386 g/mol. The molecule has 0 saturated carbocycles. The number of rotatable bonds is 4. The quantitative estimate of drug-likeness (QED) is 0.538. The first-order valence-corrected chi connectivity index (χ1v) is 10.3. The minimum Gasteiger partial charge on any atom is -0.463 e. The van der Waals surface area contributed by atoms with Gasteiger partial charge in [0.15, 0.2) is 0 Å². The van der Waals surface area contributed by atoms with Gasteiger partial charge in [-0.25, -0.2) is 4.79 Å². The molecule has 0 saturated heterocycles. The summed E-state index contributed by atoms with van der Waals surface area (Å²) in [7, 11) is 0. The Hall–Kier alpha value is -3.78. The van der Waals surface area contributed by atoms with Crippen LogP contribution in [0.4, 0.5) is 0 Å². The van der Waals surface area contributed by atoms with Gasteiger partial charge in [-0.15, -0.1) is 0 Å². The van der Waals surface area contributed by atoms with E-state index < -0.39 is 17.8 Å². The number of carbonyl (C=O) groups is 1. The molecule has 0 spiro atoms. The summed E-state index contributed by atoms with van der Waals surface area (Å²) in [4.78, 5) is 22.1. The van der Waals surface area contributed by atoms with Crippen LogP contribution in [0.25, 0.3) is 22.0 Å². The van der Waals surface area contributed by atoms with Crippen LogP contribution < -0.4 is 0 Å². The van der Waals surface area contributed by atoms with E-state index in [1.54, 1.807) is 13.8 Å². The average Bonchev–Trinajstić information content (AvgIpc) is 2.78. The first-order valence-electron chi connectivity index (χ1n) is 10.3. The molecule has 2 atom stereocenters. The van der Waals surface area contributed by atoms with Crippen molar-refractivity contribution in [2.75, 3.05) is 6.61 Å². The molecule has 1 aliphatic rings. The van der Waals surface area contributed by atoms with Crippen molar-refractivity contribution in [3.8, 4) is 17.2 Å². The minimum absolute atomic E-state index is 0.261. The molecule has 154 valence electrons. The molecule has 2 aromatic carbocycles. The molecule has 5 heteroatoms. The first kappa shape index (κ1) is 20.5. The van der Waals surface area contributed by atoms with Gasteiger partial charge in [0.1, 0.15) is 0 Å². The van der Waals surface area contributed by atoms with E-state index in [0.29, 0.717) is 17.0 Å². The maximum absolute atomic E-state index is 12.9. The van der Waals surface area contributed by atoms with Gasteiger partial charge in [0, 0.05) is 34.5 Å². The number of hydrogen-bond acceptors (Lipinski definition) is 5. The number of nitrogens with zero attached hydrogens (tertiary/aromatic N) is 3. The van der Waals surface area contributed by atoms with Crippen LogP contribution in [0.5, 0.6) is 0 Å².